The molecule has 0 spiro atoms. The van der Waals surface area contributed by atoms with Crippen molar-refractivity contribution in [3.63, 3.8) is 0 Å². The van der Waals surface area contributed by atoms with Crippen LogP contribution >= 0.6 is 0 Å². The van der Waals surface area contributed by atoms with E-state index in [1.165, 1.54) is 0 Å². The Balaban J connectivity index is 1.63. The highest BCUT2D eigenvalue weighted by molar-refractivity contribution is 5.94. The van der Waals surface area contributed by atoms with E-state index in [4.69, 9.17) is 0 Å². The van der Waals surface area contributed by atoms with Crippen LogP contribution in [-0.2, 0) is 12.8 Å². The lowest BCUT2D eigenvalue weighted by atomic mass is 9.95. The Labute approximate surface area is 152 Å². The predicted molar refractivity (Wildman–Crippen MR) is 97.9 cm³/mol. The third-order valence-electron chi connectivity index (χ3n) is 4.94. The van der Waals surface area contributed by atoms with E-state index in [9.17, 15) is 4.79 Å². The number of hydrogen-bond acceptors (Lipinski definition) is 4. The second kappa shape index (κ2) is 6.90. The van der Waals surface area contributed by atoms with Gasteiger partial charge in [0.2, 0.25) is 0 Å². The quantitative estimate of drug-likeness (QED) is 0.739. The number of amides is 1. The zero-order chi connectivity index (χ0) is 18.1. The Bertz CT molecular complexity index is 925. The largest absolute Gasteiger partial charge is 0.341 e. The molecule has 0 radical (unpaired) electrons. The number of nitrogens with zero attached hydrogens (tertiary/aromatic N) is 4. The van der Waals surface area contributed by atoms with Crippen LogP contribution in [0.2, 0.25) is 0 Å². The molecule has 0 saturated heterocycles. The molecule has 3 aromatic heterocycles. The van der Waals surface area contributed by atoms with Crippen molar-refractivity contribution in [2.45, 2.75) is 52.0 Å². The van der Waals surface area contributed by atoms with Gasteiger partial charge < -0.3 is 5.32 Å². The molecule has 0 aromatic carbocycles. The van der Waals surface area contributed by atoms with Crippen molar-refractivity contribution in [3.05, 3.63) is 47.2 Å². The molecular formula is C19H24N6O. The molecule has 3 aromatic rings. The van der Waals surface area contributed by atoms with Gasteiger partial charge in [0.15, 0.2) is 17.2 Å². The van der Waals surface area contributed by atoms with Crippen molar-refractivity contribution in [2.75, 3.05) is 0 Å². The Kier molecular flexibility index (Phi) is 4.44. The summed E-state index contributed by atoms with van der Waals surface area (Å²) in [4.78, 5) is 12.9. The molecule has 4 rings (SSSR count). The first-order chi connectivity index (χ1) is 12.6. The third kappa shape index (κ3) is 3.09. The van der Waals surface area contributed by atoms with E-state index in [0.717, 1.165) is 54.8 Å². The van der Waals surface area contributed by atoms with Crippen molar-refractivity contribution < 1.29 is 4.79 Å². The fourth-order valence-corrected chi connectivity index (χ4v) is 3.69. The number of aromatic amines is 1. The number of H-pyrrole nitrogens is 1. The highest BCUT2D eigenvalue weighted by Gasteiger charge is 2.26. The molecule has 3 heterocycles. The van der Waals surface area contributed by atoms with Gasteiger partial charge in [-0.3, -0.25) is 14.3 Å². The summed E-state index contributed by atoms with van der Waals surface area (Å²) in [6.45, 7) is 4.28. The van der Waals surface area contributed by atoms with Gasteiger partial charge >= 0.3 is 0 Å². The van der Waals surface area contributed by atoms with Crippen LogP contribution in [-0.4, -0.2) is 30.7 Å². The van der Waals surface area contributed by atoms with Crippen LogP contribution in [0.25, 0.3) is 5.65 Å². The molecule has 0 aliphatic heterocycles. The number of nitrogens with one attached hydrogen (secondary N) is 2. The first-order valence-electron chi connectivity index (χ1n) is 9.30. The van der Waals surface area contributed by atoms with Gasteiger partial charge in [0, 0.05) is 17.5 Å². The topological polar surface area (TPSA) is 88.0 Å². The zero-order valence-electron chi connectivity index (χ0n) is 15.2. The van der Waals surface area contributed by atoms with Crippen LogP contribution < -0.4 is 5.32 Å². The molecule has 7 nitrogen and oxygen atoms in total. The van der Waals surface area contributed by atoms with Gasteiger partial charge in [-0.15, -0.1) is 10.2 Å². The Hall–Kier alpha value is -2.70. The first kappa shape index (κ1) is 16.8. The van der Waals surface area contributed by atoms with E-state index in [2.05, 4.69) is 39.6 Å². The standard InChI is InChI=1S/C19H24N6O/c1-12(2)11-15(18-24-22-16-9-5-6-10-25(16)18)20-19(26)17-13-7-3-4-8-14(13)21-23-17/h5-6,9-10,12,15H,3-4,7-8,11H2,1-2H3,(H,20,26)(H,21,23)/t15-/m0/s1. The minimum Gasteiger partial charge on any atom is -0.341 e. The number of carbonyl (C=O) groups is 1. The van der Waals surface area contributed by atoms with Gasteiger partial charge in [-0.25, -0.2) is 0 Å². The summed E-state index contributed by atoms with van der Waals surface area (Å²) in [5.41, 5.74) is 3.49. The number of fused-ring (bicyclic) bond motifs is 2. The highest BCUT2D eigenvalue weighted by atomic mass is 16.2. The van der Waals surface area contributed by atoms with E-state index < -0.39 is 0 Å². The number of hydrogen-bond donors (Lipinski definition) is 2. The summed E-state index contributed by atoms with van der Waals surface area (Å²) >= 11 is 0. The monoisotopic (exact) mass is 352 g/mol. The second-order valence-electron chi connectivity index (χ2n) is 7.38. The summed E-state index contributed by atoms with van der Waals surface area (Å²) in [6, 6.07) is 5.57. The summed E-state index contributed by atoms with van der Waals surface area (Å²) in [5, 5.41) is 19.1. The maximum Gasteiger partial charge on any atom is 0.272 e. The maximum atomic E-state index is 12.9. The molecule has 2 N–H and O–H groups in total. The molecule has 7 heteroatoms. The molecule has 1 aliphatic carbocycles. The normalized spacial score (nSPS) is 15.2. The number of rotatable bonds is 5. The van der Waals surface area contributed by atoms with Crippen molar-refractivity contribution in [1.29, 1.82) is 0 Å². The predicted octanol–water partition coefficient (Wildman–Crippen LogP) is 2.85. The van der Waals surface area contributed by atoms with E-state index in [-0.39, 0.29) is 11.9 Å². The van der Waals surface area contributed by atoms with Crippen LogP contribution in [0.5, 0.6) is 0 Å². The van der Waals surface area contributed by atoms with Gasteiger partial charge in [-0.1, -0.05) is 19.9 Å². The average Bonchev–Trinajstić information content (AvgIpc) is 3.25. The van der Waals surface area contributed by atoms with Crippen LogP contribution in [0.4, 0.5) is 0 Å². The molecule has 0 unspecified atom stereocenters. The number of carbonyl (C=O) groups excluding carboxylic acids is 1. The first-order valence-corrected chi connectivity index (χ1v) is 9.30. The summed E-state index contributed by atoms with van der Waals surface area (Å²) < 4.78 is 1.94. The lowest BCUT2D eigenvalue weighted by molar-refractivity contribution is 0.0923. The van der Waals surface area contributed by atoms with Crippen molar-refractivity contribution in [2.24, 2.45) is 5.92 Å². The van der Waals surface area contributed by atoms with E-state index in [1.54, 1.807) is 0 Å². The summed E-state index contributed by atoms with van der Waals surface area (Å²) in [6.07, 6.45) is 6.86. The molecule has 0 bridgehead atoms. The van der Waals surface area contributed by atoms with Gasteiger partial charge in [0.1, 0.15) is 0 Å². The van der Waals surface area contributed by atoms with E-state index in [1.807, 2.05) is 28.8 Å². The summed E-state index contributed by atoms with van der Waals surface area (Å²) in [7, 11) is 0. The SMILES string of the molecule is CC(C)C[C@H](NC(=O)c1n[nH]c2c1CCCC2)c1nnc2ccccn12. The minimum atomic E-state index is -0.212. The highest BCUT2D eigenvalue weighted by Crippen LogP contribution is 2.24. The molecule has 0 fully saturated rings. The molecule has 1 atom stereocenters. The molecule has 1 amide bonds. The molecule has 1 aliphatic rings. The third-order valence-corrected chi connectivity index (χ3v) is 4.94. The molecular weight excluding hydrogens is 328 g/mol. The summed E-state index contributed by atoms with van der Waals surface area (Å²) in [5.74, 6) is 1.03. The Morgan fingerprint density at radius 3 is 2.96 bits per heavy atom. The van der Waals surface area contributed by atoms with Gasteiger partial charge in [0.25, 0.3) is 5.91 Å². The van der Waals surface area contributed by atoms with Crippen molar-refractivity contribution in [3.8, 4) is 0 Å². The van der Waals surface area contributed by atoms with Crippen LogP contribution in [0.3, 0.4) is 0 Å². The number of aromatic nitrogens is 5. The fraction of sp³-hybridized carbons (Fsp3) is 0.474. The van der Waals surface area contributed by atoms with Crippen molar-refractivity contribution >= 4 is 11.6 Å². The molecule has 26 heavy (non-hydrogen) atoms. The number of pyridine rings is 1. The zero-order valence-corrected chi connectivity index (χ0v) is 15.2. The van der Waals surface area contributed by atoms with E-state index in [0.29, 0.717) is 11.6 Å². The maximum absolute atomic E-state index is 12.9. The Morgan fingerprint density at radius 1 is 1.27 bits per heavy atom. The smallest absolute Gasteiger partial charge is 0.272 e. The van der Waals surface area contributed by atoms with E-state index >= 15 is 0 Å². The minimum absolute atomic E-state index is 0.136. The lowest BCUT2D eigenvalue weighted by Gasteiger charge is -2.19. The van der Waals surface area contributed by atoms with Crippen LogP contribution in [0, 0.1) is 5.92 Å². The molecule has 136 valence electrons. The van der Waals surface area contributed by atoms with Gasteiger partial charge in [-0.05, 0) is 50.2 Å². The van der Waals surface area contributed by atoms with Gasteiger partial charge in [0.05, 0.1) is 6.04 Å². The fourth-order valence-electron chi connectivity index (χ4n) is 3.69. The molecule has 0 saturated carbocycles. The van der Waals surface area contributed by atoms with Crippen molar-refractivity contribution in [1.82, 2.24) is 30.1 Å². The Morgan fingerprint density at radius 2 is 2.12 bits per heavy atom. The lowest BCUT2D eigenvalue weighted by Crippen LogP contribution is -2.32. The second-order valence-corrected chi connectivity index (χ2v) is 7.38. The average molecular weight is 352 g/mol. The van der Waals surface area contributed by atoms with Crippen LogP contribution in [0.1, 0.15) is 66.7 Å². The van der Waals surface area contributed by atoms with Crippen LogP contribution in [0.15, 0.2) is 24.4 Å². The number of aryl methyl sites for hydroxylation is 1. The van der Waals surface area contributed by atoms with Gasteiger partial charge in [-0.2, -0.15) is 5.10 Å².